The Morgan fingerprint density at radius 1 is 1.44 bits per heavy atom. The van der Waals surface area contributed by atoms with Crippen molar-refractivity contribution in [2.24, 2.45) is 5.10 Å². The van der Waals surface area contributed by atoms with Crippen LogP contribution in [0.2, 0.25) is 10.0 Å². The fraction of sp³-hybridized carbons (Fsp3) is 0.167. The molecule has 3 nitrogen and oxygen atoms in total. The summed E-state index contributed by atoms with van der Waals surface area (Å²) in [6.45, 7) is 6.02. The van der Waals surface area contributed by atoms with Gasteiger partial charge in [-0.1, -0.05) is 35.3 Å². The molecule has 0 fully saturated rings. The molecule has 0 aliphatic heterocycles. The van der Waals surface area contributed by atoms with E-state index in [0.717, 1.165) is 11.3 Å². The summed E-state index contributed by atoms with van der Waals surface area (Å²) in [5.41, 5.74) is 4.37. The fourth-order valence-electron chi connectivity index (χ4n) is 1.12. The van der Waals surface area contributed by atoms with E-state index in [4.69, 9.17) is 35.4 Å². The number of nitrogens with one attached hydrogen (secondary N) is 2. The first-order valence-electron chi connectivity index (χ1n) is 5.19. The maximum Gasteiger partial charge on any atom is 0.187 e. The van der Waals surface area contributed by atoms with Crippen molar-refractivity contribution >= 4 is 46.2 Å². The Labute approximate surface area is 122 Å². The number of hydrogen-bond donors (Lipinski definition) is 2. The van der Waals surface area contributed by atoms with Crippen LogP contribution >= 0.6 is 35.4 Å². The molecule has 0 unspecified atom stereocenters. The van der Waals surface area contributed by atoms with Crippen molar-refractivity contribution in [2.75, 3.05) is 6.54 Å². The van der Waals surface area contributed by atoms with Crippen LogP contribution in [0.1, 0.15) is 12.5 Å². The summed E-state index contributed by atoms with van der Waals surface area (Å²) in [5, 5.41) is 8.51. The van der Waals surface area contributed by atoms with E-state index in [1.807, 2.05) is 13.0 Å². The Morgan fingerprint density at radius 3 is 2.78 bits per heavy atom. The van der Waals surface area contributed by atoms with Gasteiger partial charge in [0.15, 0.2) is 5.11 Å². The highest BCUT2D eigenvalue weighted by molar-refractivity contribution is 7.80. The first-order valence-corrected chi connectivity index (χ1v) is 6.35. The summed E-state index contributed by atoms with van der Waals surface area (Å²) in [5.74, 6) is 0. The van der Waals surface area contributed by atoms with Crippen LogP contribution in [-0.4, -0.2) is 17.4 Å². The van der Waals surface area contributed by atoms with Gasteiger partial charge < -0.3 is 5.32 Å². The summed E-state index contributed by atoms with van der Waals surface area (Å²) in [6, 6.07) is 5.33. The highest BCUT2D eigenvalue weighted by Crippen LogP contribution is 2.22. The van der Waals surface area contributed by atoms with Crippen LogP contribution in [0.5, 0.6) is 0 Å². The lowest BCUT2D eigenvalue weighted by Crippen LogP contribution is -2.32. The van der Waals surface area contributed by atoms with Gasteiger partial charge in [-0.2, -0.15) is 5.10 Å². The second-order valence-electron chi connectivity index (χ2n) is 3.44. The van der Waals surface area contributed by atoms with E-state index in [1.165, 1.54) is 0 Å². The maximum atomic E-state index is 5.93. The molecule has 0 spiro atoms. The molecular formula is C12H13Cl2N3S. The molecule has 0 heterocycles. The topological polar surface area (TPSA) is 36.4 Å². The zero-order valence-corrected chi connectivity index (χ0v) is 12.2. The Hall–Kier alpha value is -1.10. The minimum atomic E-state index is 0.439. The van der Waals surface area contributed by atoms with Crippen molar-refractivity contribution in [3.05, 3.63) is 46.5 Å². The van der Waals surface area contributed by atoms with Crippen LogP contribution in [0.3, 0.4) is 0 Å². The summed E-state index contributed by atoms with van der Waals surface area (Å²) >= 11 is 16.8. The smallest absolute Gasteiger partial charge is 0.187 e. The molecule has 18 heavy (non-hydrogen) atoms. The first kappa shape index (κ1) is 15.0. The van der Waals surface area contributed by atoms with Gasteiger partial charge in [-0.15, -0.1) is 6.58 Å². The standard InChI is InChI=1S/C12H13Cl2N3S/c1-3-6-15-12(18)17-16-8(2)9-4-5-10(13)11(14)7-9/h3-5,7H,1,6H2,2H3,(H2,15,17,18). The molecule has 2 N–H and O–H groups in total. The Morgan fingerprint density at radius 2 is 2.17 bits per heavy atom. The van der Waals surface area contributed by atoms with E-state index < -0.39 is 0 Å². The van der Waals surface area contributed by atoms with Gasteiger partial charge in [-0.05, 0) is 36.8 Å². The first-order chi connectivity index (χ1) is 8.54. The number of hydrogen-bond acceptors (Lipinski definition) is 2. The largest absolute Gasteiger partial charge is 0.358 e. The lowest BCUT2D eigenvalue weighted by molar-refractivity contribution is 0.936. The molecule has 0 aromatic heterocycles. The van der Waals surface area contributed by atoms with E-state index in [0.29, 0.717) is 21.7 Å². The summed E-state index contributed by atoms with van der Waals surface area (Å²) < 4.78 is 0. The fourth-order valence-corrected chi connectivity index (χ4v) is 1.55. The number of nitrogens with zero attached hydrogens (tertiary/aromatic N) is 1. The van der Waals surface area contributed by atoms with Crippen LogP contribution in [0.4, 0.5) is 0 Å². The molecule has 0 bridgehead atoms. The van der Waals surface area contributed by atoms with Crippen molar-refractivity contribution in [1.29, 1.82) is 0 Å². The third-order valence-electron chi connectivity index (χ3n) is 2.07. The van der Waals surface area contributed by atoms with Crippen LogP contribution in [-0.2, 0) is 0 Å². The SMILES string of the molecule is C=CCNC(=S)NN=C(C)c1ccc(Cl)c(Cl)c1. The summed E-state index contributed by atoms with van der Waals surface area (Å²) in [6.07, 6.45) is 1.71. The third-order valence-corrected chi connectivity index (χ3v) is 3.04. The zero-order valence-electron chi connectivity index (χ0n) is 9.84. The van der Waals surface area contributed by atoms with E-state index in [9.17, 15) is 0 Å². The molecule has 0 amide bonds. The molecule has 1 aromatic rings. The summed E-state index contributed by atoms with van der Waals surface area (Å²) in [4.78, 5) is 0. The number of benzene rings is 1. The van der Waals surface area contributed by atoms with Crippen molar-refractivity contribution in [3.8, 4) is 0 Å². The molecule has 0 saturated carbocycles. The van der Waals surface area contributed by atoms with E-state index in [-0.39, 0.29) is 0 Å². The van der Waals surface area contributed by atoms with Gasteiger partial charge in [0, 0.05) is 6.54 Å². The second kappa shape index (κ2) is 7.36. The number of thiocarbonyl (C=S) groups is 1. The average Bonchev–Trinajstić information content (AvgIpc) is 2.36. The van der Waals surface area contributed by atoms with Crippen LogP contribution in [0, 0.1) is 0 Å². The molecule has 96 valence electrons. The Bertz CT molecular complexity index is 486. The quantitative estimate of drug-likeness (QED) is 0.387. The molecule has 0 saturated heterocycles. The maximum absolute atomic E-state index is 5.93. The second-order valence-corrected chi connectivity index (χ2v) is 4.66. The van der Waals surface area contributed by atoms with Crippen LogP contribution < -0.4 is 10.7 Å². The average molecular weight is 302 g/mol. The Balaban J connectivity index is 2.68. The van der Waals surface area contributed by atoms with Crippen molar-refractivity contribution in [3.63, 3.8) is 0 Å². The van der Waals surface area contributed by atoms with Gasteiger partial charge >= 0.3 is 0 Å². The predicted molar refractivity (Wildman–Crippen MR) is 82.6 cm³/mol. The monoisotopic (exact) mass is 301 g/mol. The van der Waals surface area contributed by atoms with E-state index in [2.05, 4.69) is 22.4 Å². The van der Waals surface area contributed by atoms with E-state index in [1.54, 1.807) is 18.2 Å². The van der Waals surface area contributed by atoms with Crippen LogP contribution in [0.15, 0.2) is 36.0 Å². The minimum absolute atomic E-state index is 0.439. The molecule has 1 aromatic carbocycles. The third kappa shape index (κ3) is 4.64. The predicted octanol–water partition coefficient (Wildman–Crippen LogP) is 3.37. The van der Waals surface area contributed by atoms with Gasteiger partial charge in [0.05, 0.1) is 15.8 Å². The molecule has 0 aliphatic rings. The highest BCUT2D eigenvalue weighted by Gasteiger charge is 2.02. The molecule has 6 heteroatoms. The number of rotatable bonds is 4. The van der Waals surface area contributed by atoms with Gasteiger partial charge in [0.1, 0.15) is 0 Å². The molecule has 1 rings (SSSR count). The lowest BCUT2D eigenvalue weighted by atomic mass is 10.1. The van der Waals surface area contributed by atoms with Crippen molar-refractivity contribution in [1.82, 2.24) is 10.7 Å². The van der Waals surface area contributed by atoms with Crippen molar-refractivity contribution < 1.29 is 0 Å². The molecule has 0 aliphatic carbocycles. The van der Waals surface area contributed by atoms with Crippen LogP contribution in [0.25, 0.3) is 0 Å². The normalized spacial score (nSPS) is 10.9. The lowest BCUT2D eigenvalue weighted by Gasteiger charge is -2.06. The van der Waals surface area contributed by atoms with E-state index >= 15 is 0 Å². The molecule has 0 radical (unpaired) electrons. The Kier molecular flexibility index (Phi) is 6.12. The number of halogens is 2. The van der Waals surface area contributed by atoms with Gasteiger partial charge in [0.2, 0.25) is 0 Å². The molecular weight excluding hydrogens is 289 g/mol. The van der Waals surface area contributed by atoms with Gasteiger partial charge in [-0.25, -0.2) is 0 Å². The van der Waals surface area contributed by atoms with Crippen molar-refractivity contribution in [2.45, 2.75) is 6.92 Å². The highest BCUT2D eigenvalue weighted by atomic mass is 35.5. The zero-order chi connectivity index (χ0) is 13.5. The minimum Gasteiger partial charge on any atom is -0.358 e. The summed E-state index contributed by atoms with van der Waals surface area (Å²) in [7, 11) is 0. The van der Waals surface area contributed by atoms with Gasteiger partial charge in [0.25, 0.3) is 0 Å². The number of hydrazone groups is 1. The van der Waals surface area contributed by atoms with Gasteiger partial charge in [-0.3, -0.25) is 5.43 Å². The molecule has 0 atom stereocenters.